The van der Waals surface area contributed by atoms with Crippen molar-refractivity contribution in [1.29, 1.82) is 0 Å². The zero-order valence-electron chi connectivity index (χ0n) is 12.3. The highest BCUT2D eigenvalue weighted by Crippen LogP contribution is 2.29. The van der Waals surface area contributed by atoms with Gasteiger partial charge in [-0.05, 0) is 44.2 Å². The lowest BCUT2D eigenvalue weighted by atomic mass is 10.2. The van der Waals surface area contributed by atoms with Crippen LogP contribution in [-0.2, 0) is 0 Å². The van der Waals surface area contributed by atoms with Crippen LogP contribution in [0.3, 0.4) is 0 Å². The van der Waals surface area contributed by atoms with E-state index in [0.717, 1.165) is 35.9 Å². The summed E-state index contributed by atoms with van der Waals surface area (Å²) >= 11 is 1.74. The van der Waals surface area contributed by atoms with Crippen LogP contribution in [0.4, 0.5) is 0 Å². The van der Waals surface area contributed by atoms with Gasteiger partial charge >= 0.3 is 0 Å². The minimum atomic E-state index is 0.360. The lowest BCUT2D eigenvalue weighted by molar-refractivity contribution is 0.317. The van der Waals surface area contributed by atoms with E-state index < -0.39 is 0 Å². The number of aromatic nitrogens is 1. The normalized spacial score (nSPS) is 12.3. The zero-order chi connectivity index (χ0) is 14.4. The van der Waals surface area contributed by atoms with Crippen molar-refractivity contribution in [2.24, 2.45) is 0 Å². The molecule has 108 valence electrons. The van der Waals surface area contributed by atoms with Crippen molar-refractivity contribution in [3.63, 3.8) is 0 Å². The zero-order valence-corrected chi connectivity index (χ0v) is 13.2. The number of hydrogen-bond donors (Lipinski definition) is 1. The molecule has 0 radical (unpaired) electrons. The molecule has 1 aromatic heterocycles. The highest BCUT2D eigenvalue weighted by Gasteiger charge is 2.10. The Hall–Kier alpha value is -1.39. The first-order valence-corrected chi connectivity index (χ1v) is 7.98. The highest BCUT2D eigenvalue weighted by molar-refractivity contribution is 7.15. The van der Waals surface area contributed by atoms with Gasteiger partial charge in [-0.3, -0.25) is 0 Å². The minimum Gasteiger partial charge on any atom is -0.494 e. The number of nitrogens with zero attached hydrogens (tertiary/aromatic N) is 1. The number of rotatable bonds is 7. The van der Waals surface area contributed by atoms with E-state index >= 15 is 0 Å². The topological polar surface area (TPSA) is 34.1 Å². The summed E-state index contributed by atoms with van der Waals surface area (Å²) in [6, 6.07) is 8.54. The fourth-order valence-electron chi connectivity index (χ4n) is 1.94. The molecule has 0 fully saturated rings. The molecule has 1 unspecified atom stereocenters. The van der Waals surface area contributed by atoms with Crippen LogP contribution in [-0.4, -0.2) is 18.1 Å². The van der Waals surface area contributed by atoms with Gasteiger partial charge in [-0.1, -0.05) is 13.8 Å². The molecular formula is C16H22N2OS. The van der Waals surface area contributed by atoms with Gasteiger partial charge in [-0.2, -0.15) is 0 Å². The Kier molecular flexibility index (Phi) is 5.56. The largest absolute Gasteiger partial charge is 0.494 e. The number of thiazole rings is 1. The quantitative estimate of drug-likeness (QED) is 0.827. The van der Waals surface area contributed by atoms with E-state index in [2.05, 4.69) is 43.2 Å². The predicted molar refractivity (Wildman–Crippen MR) is 85.4 cm³/mol. The van der Waals surface area contributed by atoms with E-state index in [4.69, 9.17) is 4.74 Å². The van der Waals surface area contributed by atoms with Gasteiger partial charge in [0.25, 0.3) is 0 Å². The number of ether oxygens (including phenoxy) is 1. The minimum absolute atomic E-state index is 0.360. The van der Waals surface area contributed by atoms with Gasteiger partial charge in [0.15, 0.2) is 0 Å². The van der Waals surface area contributed by atoms with E-state index in [1.54, 1.807) is 11.3 Å². The Balaban J connectivity index is 2.07. The Labute approximate surface area is 125 Å². The van der Waals surface area contributed by atoms with Crippen molar-refractivity contribution in [3.05, 3.63) is 35.3 Å². The van der Waals surface area contributed by atoms with Gasteiger partial charge in [0.1, 0.15) is 10.8 Å². The molecule has 0 saturated carbocycles. The monoisotopic (exact) mass is 290 g/mol. The average molecular weight is 290 g/mol. The van der Waals surface area contributed by atoms with Crippen LogP contribution in [0.15, 0.2) is 30.5 Å². The van der Waals surface area contributed by atoms with E-state index in [9.17, 15) is 0 Å². The van der Waals surface area contributed by atoms with E-state index in [-0.39, 0.29) is 0 Å². The van der Waals surface area contributed by atoms with Crippen molar-refractivity contribution in [2.45, 2.75) is 33.2 Å². The van der Waals surface area contributed by atoms with Gasteiger partial charge < -0.3 is 10.1 Å². The molecule has 1 atom stereocenters. The highest BCUT2D eigenvalue weighted by atomic mass is 32.1. The molecule has 4 heteroatoms. The second-order valence-corrected chi connectivity index (χ2v) is 5.78. The van der Waals surface area contributed by atoms with Crippen molar-refractivity contribution in [3.8, 4) is 16.3 Å². The molecule has 0 amide bonds. The van der Waals surface area contributed by atoms with Gasteiger partial charge in [0.05, 0.1) is 6.61 Å². The van der Waals surface area contributed by atoms with Gasteiger partial charge in [-0.25, -0.2) is 4.98 Å². The molecule has 0 bridgehead atoms. The van der Waals surface area contributed by atoms with Crippen molar-refractivity contribution in [2.75, 3.05) is 13.2 Å². The van der Waals surface area contributed by atoms with Gasteiger partial charge in [-0.15, -0.1) is 11.3 Å². The SMILES string of the molecule is CCCOc1ccc(-c2ncc(C(C)NCC)s2)cc1. The molecular weight excluding hydrogens is 268 g/mol. The van der Waals surface area contributed by atoms with Crippen LogP contribution in [0.1, 0.15) is 38.1 Å². The third kappa shape index (κ3) is 3.81. The number of nitrogens with one attached hydrogen (secondary N) is 1. The Morgan fingerprint density at radius 2 is 2.00 bits per heavy atom. The van der Waals surface area contributed by atoms with Crippen molar-refractivity contribution >= 4 is 11.3 Å². The Bertz CT molecular complexity index is 522. The second-order valence-electron chi connectivity index (χ2n) is 4.72. The van der Waals surface area contributed by atoms with Crippen LogP contribution in [0.2, 0.25) is 0 Å². The average Bonchev–Trinajstić information content (AvgIpc) is 2.96. The maximum absolute atomic E-state index is 5.59. The van der Waals surface area contributed by atoms with Gasteiger partial charge in [0.2, 0.25) is 0 Å². The smallest absolute Gasteiger partial charge is 0.123 e. The molecule has 0 spiro atoms. The van der Waals surface area contributed by atoms with Crippen LogP contribution >= 0.6 is 11.3 Å². The number of hydrogen-bond acceptors (Lipinski definition) is 4. The van der Waals surface area contributed by atoms with E-state index in [1.807, 2.05) is 18.3 Å². The number of benzene rings is 1. The summed E-state index contributed by atoms with van der Waals surface area (Å²) < 4.78 is 5.59. The molecule has 2 rings (SSSR count). The Morgan fingerprint density at radius 1 is 1.25 bits per heavy atom. The summed E-state index contributed by atoms with van der Waals surface area (Å²) in [6.07, 6.45) is 2.99. The molecule has 0 aliphatic carbocycles. The molecule has 0 aliphatic heterocycles. The third-order valence-corrected chi connectivity index (χ3v) is 4.26. The summed E-state index contributed by atoms with van der Waals surface area (Å²) in [5.41, 5.74) is 1.15. The molecule has 1 aromatic carbocycles. The first kappa shape index (κ1) is 15.0. The molecule has 0 saturated heterocycles. The molecule has 3 nitrogen and oxygen atoms in total. The summed E-state index contributed by atoms with van der Waals surface area (Å²) in [6.45, 7) is 8.13. The standard InChI is InChI=1S/C16H22N2OS/c1-4-10-19-14-8-6-13(7-9-14)16-18-11-15(20-16)12(3)17-5-2/h6-9,11-12,17H,4-5,10H2,1-3H3. The fourth-order valence-corrected chi connectivity index (χ4v) is 2.89. The van der Waals surface area contributed by atoms with E-state index in [1.165, 1.54) is 4.88 Å². The third-order valence-electron chi connectivity index (χ3n) is 3.03. The van der Waals surface area contributed by atoms with Crippen LogP contribution in [0, 0.1) is 0 Å². The summed E-state index contributed by atoms with van der Waals surface area (Å²) in [7, 11) is 0. The predicted octanol–water partition coefficient (Wildman–Crippen LogP) is 4.27. The molecule has 1 heterocycles. The molecule has 0 aliphatic rings. The van der Waals surface area contributed by atoms with Gasteiger partial charge in [0, 0.05) is 22.7 Å². The van der Waals surface area contributed by atoms with Crippen LogP contribution in [0.5, 0.6) is 5.75 Å². The maximum Gasteiger partial charge on any atom is 0.123 e. The lowest BCUT2D eigenvalue weighted by Gasteiger charge is -2.08. The Morgan fingerprint density at radius 3 is 2.65 bits per heavy atom. The van der Waals surface area contributed by atoms with Crippen LogP contribution < -0.4 is 10.1 Å². The first-order chi connectivity index (χ1) is 9.74. The maximum atomic E-state index is 5.59. The summed E-state index contributed by atoms with van der Waals surface area (Å²) in [4.78, 5) is 5.79. The fraction of sp³-hybridized carbons (Fsp3) is 0.438. The van der Waals surface area contributed by atoms with E-state index in [0.29, 0.717) is 6.04 Å². The second kappa shape index (κ2) is 7.41. The van der Waals surface area contributed by atoms with Crippen molar-refractivity contribution in [1.82, 2.24) is 10.3 Å². The summed E-state index contributed by atoms with van der Waals surface area (Å²) in [5.74, 6) is 0.924. The summed E-state index contributed by atoms with van der Waals surface area (Å²) in [5, 5.41) is 4.47. The lowest BCUT2D eigenvalue weighted by Crippen LogP contribution is -2.16. The molecule has 2 aromatic rings. The first-order valence-electron chi connectivity index (χ1n) is 7.17. The van der Waals surface area contributed by atoms with Crippen LogP contribution in [0.25, 0.3) is 10.6 Å². The van der Waals surface area contributed by atoms with Crippen molar-refractivity contribution < 1.29 is 4.74 Å². The molecule has 20 heavy (non-hydrogen) atoms. The molecule has 1 N–H and O–H groups in total.